The molecule has 0 bridgehead atoms. The smallest absolute Gasteiger partial charge is 0.445 e. The minimum Gasteiger partial charge on any atom is -0.445 e. The van der Waals surface area contributed by atoms with Gasteiger partial charge in [0.25, 0.3) is 0 Å². The molecule has 0 aromatic carbocycles. The quantitative estimate of drug-likeness (QED) is 0.515. The molecule has 6 heteroatoms. The Morgan fingerprint density at radius 1 is 1.31 bits per heavy atom. The normalized spacial score (nSPS) is 12.3. The van der Waals surface area contributed by atoms with Crippen molar-refractivity contribution in [2.45, 2.75) is 0 Å². The topological polar surface area (TPSA) is 12.9 Å². The molecule has 0 atom stereocenters. The van der Waals surface area contributed by atoms with Crippen molar-refractivity contribution >= 4 is 13.1 Å². The minimum atomic E-state index is -4.98. The molecule has 0 spiro atoms. The van der Waals surface area contributed by atoms with E-state index in [1.807, 2.05) is 0 Å². The second kappa shape index (κ2) is 3.59. The summed E-state index contributed by atoms with van der Waals surface area (Å²) in [5.41, 5.74) is -0.0424. The van der Waals surface area contributed by atoms with Crippen LogP contribution < -0.4 is 0 Å². The van der Waals surface area contributed by atoms with Gasteiger partial charge in [0.1, 0.15) is 5.82 Å². The predicted octanol–water partition coefficient (Wildman–Crippen LogP) is 2.62. The average molecular weight is 190 g/mol. The molecule has 1 aromatic heterocycles. The van der Waals surface area contributed by atoms with Crippen LogP contribution in [0.4, 0.5) is 17.3 Å². The van der Waals surface area contributed by atoms with Crippen LogP contribution in [0.2, 0.25) is 0 Å². The highest BCUT2D eigenvalue weighted by Crippen LogP contribution is 2.12. The standard InChI is InChI=1S/C7H5BF4N/c9-6-2-4-13-7(5-6)1-3-8(10,11)12/h1-5H/q-1/b3-1+. The lowest BCUT2D eigenvalue weighted by atomic mass is 9.91. The molecule has 0 N–H and O–H groups in total. The number of halogens is 4. The van der Waals surface area contributed by atoms with Gasteiger partial charge < -0.3 is 12.9 Å². The van der Waals surface area contributed by atoms with E-state index >= 15 is 0 Å². The molecule has 0 saturated heterocycles. The van der Waals surface area contributed by atoms with Crippen molar-refractivity contribution in [3.63, 3.8) is 0 Å². The van der Waals surface area contributed by atoms with Crippen molar-refractivity contribution in [2.75, 3.05) is 0 Å². The second-order valence-electron chi connectivity index (χ2n) is 2.38. The number of aromatic nitrogens is 1. The van der Waals surface area contributed by atoms with E-state index in [2.05, 4.69) is 4.98 Å². The van der Waals surface area contributed by atoms with E-state index in [1.54, 1.807) is 0 Å². The summed E-state index contributed by atoms with van der Waals surface area (Å²) >= 11 is 0. The van der Waals surface area contributed by atoms with Gasteiger partial charge in [-0.05, 0) is 12.1 Å². The lowest BCUT2D eigenvalue weighted by molar-refractivity contribution is 0.499. The number of nitrogens with zero attached hydrogens (tertiary/aromatic N) is 1. The van der Waals surface area contributed by atoms with Crippen LogP contribution >= 0.6 is 0 Å². The SMILES string of the molecule is Fc1ccnc(/C=C/[B-](F)(F)F)c1. The van der Waals surface area contributed by atoms with Crippen LogP contribution in [0.3, 0.4) is 0 Å². The van der Waals surface area contributed by atoms with Crippen LogP contribution in [0.5, 0.6) is 0 Å². The Morgan fingerprint density at radius 3 is 2.54 bits per heavy atom. The third kappa shape index (κ3) is 3.73. The highest BCUT2D eigenvalue weighted by molar-refractivity contribution is 6.64. The summed E-state index contributed by atoms with van der Waals surface area (Å²) < 4.78 is 47.5. The van der Waals surface area contributed by atoms with Gasteiger partial charge in [0.05, 0.1) is 5.69 Å². The summed E-state index contributed by atoms with van der Waals surface area (Å²) in [5.74, 6) is -0.536. The largest absolute Gasteiger partial charge is 0.502 e. The lowest BCUT2D eigenvalue weighted by Crippen LogP contribution is -2.09. The van der Waals surface area contributed by atoms with Crippen LogP contribution in [-0.4, -0.2) is 12.0 Å². The summed E-state index contributed by atoms with van der Waals surface area (Å²) in [7, 11) is 0. The third-order valence-corrected chi connectivity index (χ3v) is 1.23. The van der Waals surface area contributed by atoms with Crippen molar-refractivity contribution in [1.29, 1.82) is 0 Å². The van der Waals surface area contributed by atoms with Gasteiger partial charge in [-0.1, -0.05) is 6.08 Å². The van der Waals surface area contributed by atoms with Gasteiger partial charge in [-0.3, -0.25) is 4.98 Å². The molecule has 0 aliphatic carbocycles. The number of hydrogen-bond acceptors (Lipinski definition) is 1. The fourth-order valence-electron chi connectivity index (χ4n) is 0.720. The zero-order valence-electron chi connectivity index (χ0n) is 6.42. The molecule has 0 saturated carbocycles. The Morgan fingerprint density at radius 2 is 2.00 bits per heavy atom. The second-order valence-corrected chi connectivity index (χ2v) is 2.38. The maximum absolute atomic E-state index is 12.4. The third-order valence-electron chi connectivity index (χ3n) is 1.23. The molecule has 0 fully saturated rings. The van der Waals surface area contributed by atoms with E-state index in [4.69, 9.17) is 0 Å². The lowest BCUT2D eigenvalue weighted by Gasteiger charge is -2.05. The molecular formula is C7H5BF4N-. The highest BCUT2D eigenvalue weighted by atomic mass is 19.4. The molecule has 0 aliphatic heterocycles. The van der Waals surface area contributed by atoms with E-state index in [1.165, 1.54) is 0 Å². The van der Waals surface area contributed by atoms with E-state index in [9.17, 15) is 17.3 Å². The summed E-state index contributed by atoms with van der Waals surface area (Å²) in [6.45, 7) is -4.98. The maximum atomic E-state index is 12.4. The van der Waals surface area contributed by atoms with E-state index in [0.717, 1.165) is 24.4 Å². The van der Waals surface area contributed by atoms with Crippen LogP contribution in [0.25, 0.3) is 6.08 Å². The Bertz CT molecular complexity index is 321. The molecule has 13 heavy (non-hydrogen) atoms. The molecule has 0 unspecified atom stereocenters. The van der Waals surface area contributed by atoms with E-state index < -0.39 is 12.8 Å². The fourth-order valence-corrected chi connectivity index (χ4v) is 0.720. The Labute approximate surface area is 72.2 Å². The van der Waals surface area contributed by atoms with Crippen molar-refractivity contribution in [3.05, 3.63) is 35.8 Å². The van der Waals surface area contributed by atoms with Gasteiger partial charge in [-0.15, -0.1) is 5.98 Å². The molecule has 1 heterocycles. The Hall–Kier alpha value is -1.33. The van der Waals surface area contributed by atoms with Crippen LogP contribution in [0.15, 0.2) is 24.3 Å². The number of rotatable bonds is 2. The van der Waals surface area contributed by atoms with Gasteiger partial charge in [0.2, 0.25) is 0 Å². The summed E-state index contributed by atoms with van der Waals surface area (Å²) in [5, 5.41) is 0. The first-order valence-electron chi connectivity index (χ1n) is 3.48. The van der Waals surface area contributed by atoms with Crippen LogP contribution in [0, 0.1) is 5.82 Å². The van der Waals surface area contributed by atoms with Gasteiger partial charge in [0.15, 0.2) is 0 Å². The van der Waals surface area contributed by atoms with Crippen LogP contribution in [-0.2, 0) is 0 Å². The van der Waals surface area contributed by atoms with Crippen molar-refractivity contribution in [1.82, 2.24) is 4.98 Å². The zero-order chi connectivity index (χ0) is 9.90. The monoisotopic (exact) mass is 190 g/mol. The highest BCUT2D eigenvalue weighted by Gasteiger charge is 2.17. The zero-order valence-corrected chi connectivity index (χ0v) is 6.42. The van der Waals surface area contributed by atoms with Crippen molar-refractivity contribution < 1.29 is 17.3 Å². The molecular weight excluding hydrogens is 185 g/mol. The molecule has 0 radical (unpaired) electrons. The molecule has 0 amide bonds. The van der Waals surface area contributed by atoms with E-state index in [0.29, 0.717) is 0 Å². The van der Waals surface area contributed by atoms with Crippen LogP contribution in [0.1, 0.15) is 5.69 Å². The fraction of sp³-hybridized carbons (Fsp3) is 0. The van der Waals surface area contributed by atoms with Crippen molar-refractivity contribution in [2.24, 2.45) is 0 Å². The van der Waals surface area contributed by atoms with Crippen molar-refractivity contribution in [3.8, 4) is 0 Å². The molecule has 0 aliphatic rings. The summed E-state index contributed by atoms with van der Waals surface area (Å²) in [6, 6.07) is 1.99. The summed E-state index contributed by atoms with van der Waals surface area (Å²) in [4.78, 5) is 3.53. The maximum Gasteiger partial charge on any atom is 0.502 e. The summed E-state index contributed by atoms with van der Waals surface area (Å²) in [6.07, 6.45) is 1.85. The molecule has 1 aromatic rings. The van der Waals surface area contributed by atoms with E-state index in [-0.39, 0.29) is 11.7 Å². The van der Waals surface area contributed by atoms with Gasteiger partial charge in [0, 0.05) is 6.20 Å². The first-order chi connectivity index (χ1) is 5.97. The molecule has 1 rings (SSSR count). The first-order valence-corrected chi connectivity index (χ1v) is 3.48. The average Bonchev–Trinajstić information content (AvgIpc) is 2.00. The number of hydrogen-bond donors (Lipinski definition) is 0. The Balaban J connectivity index is 2.80. The minimum absolute atomic E-state index is 0.0424. The Kier molecular flexibility index (Phi) is 2.70. The van der Waals surface area contributed by atoms with Gasteiger partial charge >= 0.3 is 6.98 Å². The predicted molar refractivity (Wildman–Crippen MR) is 42.3 cm³/mol. The number of pyridine rings is 1. The first kappa shape index (κ1) is 9.76. The van der Waals surface area contributed by atoms with Gasteiger partial charge in [-0.25, -0.2) is 4.39 Å². The van der Waals surface area contributed by atoms with Gasteiger partial charge in [-0.2, -0.15) is 0 Å². The molecule has 1 nitrogen and oxygen atoms in total. The molecule has 70 valence electrons.